The third-order valence-corrected chi connectivity index (χ3v) is 2.88. The van der Waals surface area contributed by atoms with Crippen LogP contribution in [-0.4, -0.2) is 10.9 Å². The van der Waals surface area contributed by atoms with Crippen molar-refractivity contribution in [2.45, 2.75) is 0 Å². The molecule has 1 amide bonds. The highest BCUT2D eigenvalue weighted by atomic mass is 19.2. The highest BCUT2D eigenvalue weighted by Crippen LogP contribution is 2.21. The van der Waals surface area contributed by atoms with E-state index in [-0.39, 0.29) is 5.56 Å². The van der Waals surface area contributed by atoms with Gasteiger partial charge in [0.1, 0.15) is 5.52 Å². The van der Waals surface area contributed by atoms with E-state index in [2.05, 4.69) is 10.3 Å². The van der Waals surface area contributed by atoms with Gasteiger partial charge in [-0.15, -0.1) is 0 Å². The number of hydrogen-bond acceptors (Lipinski definition) is 3. The Morgan fingerprint density at radius 3 is 2.71 bits per heavy atom. The Labute approximate surface area is 116 Å². The summed E-state index contributed by atoms with van der Waals surface area (Å²) in [5, 5.41) is 2.17. The summed E-state index contributed by atoms with van der Waals surface area (Å²) in [6.45, 7) is 0. The van der Waals surface area contributed by atoms with Gasteiger partial charge in [-0.05, 0) is 30.3 Å². The standard InChI is InChI=1S/C14H7F3N2O2/c15-8-2-4-10(13(17)12(8)16)19-14(20)7-1-3-9-11(5-7)21-6-18-9/h1-6H,(H,19,20). The minimum absolute atomic E-state index is 0.170. The van der Waals surface area contributed by atoms with Crippen molar-refractivity contribution in [1.29, 1.82) is 0 Å². The lowest BCUT2D eigenvalue weighted by Gasteiger charge is -2.07. The van der Waals surface area contributed by atoms with E-state index in [4.69, 9.17) is 4.42 Å². The summed E-state index contributed by atoms with van der Waals surface area (Å²) in [6.07, 6.45) is 1.22. The number of aromatic nitrogens is 1. The SMILES string of the molecule is O=C(Nc1ccc(F)c(F)c1F)c1ccc2ncoc2c1. The maximum atomic E-state index is 13.5. The lowest BCUT2D eigenvalue weighted by molar-refractivity contribution is 0.102. The number of rotatable bonds is 2. The summed E-state index contributed by atoms with van der Waals surface area (Å²) in [6, 6.07) is 6.09. The summed E-state index contributed by atoms with van der Waals surface area (Å²) in [7, 11) is 0. The highest BCUT2D eigenvalue weighted by Gasteiger charge is 2.16. The molecule has 0 saturated carbocycles. The molecule has 7 heteroatoms. The summed E-state index contributed by atoms with van der Waals surface area (Å²) in [5.74, 6) is -5.10. The van der Waals surface area contributed by atoms with E-state index < -0.39 is 29.0 Å². The number of nitrogens with zero attached hydrogens (tertiary/aromatic N) is 1. The maximum Gasteiger partial charge on any atom is 0.255 e. The Kier molecular flexibility index (Phi) is 3.09. The van der Waals surface area contributed by atoms with Gasteiger partial charge in [-0.3, -0.25) is 4.79 Å². The largest absolute Gasteiger partial charge is 0.443 e. The van der Waals surface area contributed by atoms with Gasteiger partial charge in [0.05, 0.1) is 5.69 Å². The van der Waals surface area contributed by atoms with Crippen molar-refractivity contribution < 1.29 is 22.4 Å². The smallest absolute Gasteiger partial charge is 0.255 e. The molecule has 21 heavy (non-hydrogen) atoms. The molecule has 0 saturated heterocycles. The Balaban J connectivity index is 1.91. The van der Waals surface area contributed by atoms with E-state index in [9.17, 15) is 18.0 Å². The molecule has 1 aromatic heterocycles. The first-order valence-corrected chi connectivity index (χ1v) is 5.84. The minimum Gasteiger partial charge on any atom is -0.443 e. The molecule has 0 spiro atoms. The van der Waals surface area contributed by atoms with Crippen LogP contribution in [0.2, 0.25) is 0 Å². The van der Waals surface area contributed by atoms with Crippen LogP contribution in [0, 0.1) is 17.5 Å². The Hall–Kier alpha value is -2.83. The van der Waals surface area contributed by atoms with Crippen LogP contribution in [0.1, 0.15) is 10.4 Å². The number of fused-ring (bicyclic) bond motifs is 1. The van der Waals surface area contributed by atoms with Crippen molar-refractivity contribution in [2.75, 3.05) is 5.32 Å². The van der Waals surface area contributed by atoms with Crippen LogP contribution in [0.15, 0.2) is 41.1 Å². The molecule has 0 unspecified atom stereocenters. The van der Waals surface area contributed by atoms with Crippen molar-refractivity contribution in [3.63, 3.8) is 0 Å². The molecule has 3 rings (SSSR count). The normalized spacial score (nSPS) is 10.8. The predicted octanol–water partition coefficient (Wildman–Crippen LogP) is 3.50. The molecule has 3 aromatic rings. The summed E-state index contributed by atoms with van der Waals surface area (Å²) < 4.78 is 44.4. The third-order valence-electron chi connectivity index (χ3n) is 2.88. The third kappa shape index (κ3) is 2.33. The number of amides is 1. The van der Waals surface area contributed by atoms with Gasteiger partial charge in [0.2, 0.25) is 0 Å². The van der Waals surface area contributed by atoms with E-state index in [1.54, 1.807) is 6.07 Å². The maximum absolute atomic E-state index is 13.5. The van der Waals surface area contributed by atoms with Gasteiger partial charge in [-0.25, -0.2) is 18.2 Å². The fourth-order valence-corrected chi connectivity index (χ4v) is 1.81. The molecule has 2 aromatic carbocycles. The molecular weight excluding hydrogens is 285 g/mol. The monoisotopic (exact) mass is 292 g/mol. The molecule has 1 N–H and O–H groups in total. The highest BCUT2D eigenvalue weighted by molar-refractivity contribution is 6.05. The number of carbonyl (C=O) groups is 1. The van der Waals surface area contributed by atoms with Crippen molar-refractivity contribution in [1.82, 2.24) is 4.98 Å². The molecule has 0 radical (unpaired) electrons. The predicted molar refractivity (Wildman–Crippen MR) is 68.3 cm³/mol. The van der Waals surface area contributed by atoms with Crippen molar-refractivity contribution in [3.05, 3.63) is 59.7 Å². The van der Waals surface area contributed by atoms with Gasteiger partial charge in [0.25, 0.3) is 5.91 Å². The number of carbonyl (C=O) groups excluding carboxylic acids is 1. The Morgan fingerprint density at radius 2 is 1.90 bits per heavy atom. The number of halogens is 3. The Bertz CT molecular complexity index is 845. The van der Waals surface area contributed by atoms with Gasteiger partial charge >= 0.3 is 0 Å². The van der Waals surface area contributed by atoms with E-state index in [1.807, 2.05) is 0 Å². The number of oxazole rings is 1. The van der Waals surface area contributed by atoms with Crippen LogP contribution < -0.4 is 5.32 Å². The van der Waals surface area contributed by atoms with Crippen LogP contribution in [-0.2, 0) is 0 Å². The fraction of sp³-hybridized carbons (Fsp3) is 0. The molecule has 0 bridgehead atoms. The number of anilines is 1. The lowest BCUT2D eigenvalue weighted by Crippen LogP contribution is -2.13. The number of benzene rings is 2. The average Bonchev–Trinajstić information content (AvgIpc) is 2.95. The molecule has 4 nitrogen and oxygen atoms in total. The molecule has 1 heterocycles. The van der Waals surface area contributed by atoms with Crippen molar-refractivity contribution in [2.24, 2.45) is 0 Å². The summed E-state index contributed by atoms with van der Waals surface area (Å²) in [4.78, 5) is 15.9. The second-order valence-electron chi connectivity index (χ2n) is 4.21. The van der Waals surface area contributed by atoms with Gasteiger partial charge in [-0.2, -0.15) is 0 Å². The first-order valence-electron chi connectivity index (χ1n) is 5.84. The molecule has 106 valence electrons. The minimum atomic E-state index is -1.64. The second-order valence-corrected chi connectivity index (χ2v) is 4.21. The fourth-order valence-electron chi connectivity index (χ4n) is 1.81. The first-order chi connectivity index (χ1) is 10.1. The van der Waals surface area contributed by atoms with Crippen molar-refractivity contribution in [3.8, 4) is 0 Å². The molecule has 0 fully saturated rings. The van der Waals surface area contributed by atoms with E-state index in [0.29, 0.717) is 11.1 Å². The van der Waals surface area contributed by atoms with E-state index >= 15 is 0 Å². The Morgan fingerprint density at radius 1 is 1.10 bits per heavy atom. The molecule has 0 atom stereocenters. The van der Waals surface area contributed by atoms with Gasteiger partial charge < -0.3 is 9.73 Å². The second kappa shape index (κ2) is 4.93. The van der Waals surface area contributed by atoms with Crippen LogP contribution in [0.4, 0.5) is 18.9 Å². The average molecular weight is 292 g/mol. The summed E-state index contributed by atoms with van der Waals surface area (Å²) >= 11 is 0. The van der Waals surface area contributed by atoms with Crippen molar-refractivity contribution >= 4 is 22.7 Å². The van der Waals surface area contributed by atoms with Crippen LogP contribution >= 0.6 is 0 Å². The molecule has 0 aliphatic heterocycles. The number of nitrogens with one attached hydrogen (secondary N) is 1. The van der Waals surface area contributed by atoms with Gasteiger partial charge in [0, 0.05) is 5.56 Å². The van der Waals surface area contributed by atoms with Crippen LogP contribution in [0.5, 0.6) is 0 Å². The quantitative estimate of drug-likeness (QED) is 0.735. The lowest BCUT2D eigenvalue weighted by atomic mass is 10.2. The van der Waals surface area contributed by atoms with Gasteiger partial charge in [0.15, 0.2) is 29.4 Å². The molecular formula is C14H7F3N2O2. The summed E-state index contributed by atoms with van der Waals surface area (Å²) in [5.41, 5.74) is 0.666. The van der Waals surface area contributed by atoms with E-state index in [0.717, 1.165) is 12.1 Å². The zero-order valence-electron chi connectivity index (χ0n) is 10.4. The molecule has 0 aliphatic rings. The first kappa shape index (κ1) is 13.2. The van der Waals surface area contributed by atoms with Crippen LogP contribution in [0.25, 0.3) is 11.1 Å². The van der Waals surface area contributed by atoms with E-state index in [1.165, 1.54) is 18.5 Å². The van der Waals surface area contributed by atoms with Gasteiger partial charge in [-0.1, -0.05) is 0 Å². The van der Waals surface area contributed by atoms with Crippen LogP contribution in [0.3, 0.4) is 0 Å². The zero-order chi connectivity index (χ0) is 15.0. The zero-order valence-corrected chi connectivity index (χ0v) is 10.4. The topological polar surface area (TPSA) is 55.1 Å². The molecule has 0 aliphatic carbocycles. The number of hydrogen-bond donors (Lipinski definition) is 1.